The first-order valence-corrected chi connectivity index (χ1v) is 9.10. The van der Waals surface area contributed by atoms with Crippen molar-refractivity contribution in [3.8, 4) is 11.5 Å². The molecule has 0 aliphatic rings. The van der Waals surface area contributed by atoms with E-state index in [-0.39, 0.29) is 16.9 Å². The standard InChI is InChI=1S/C16H10Cl3N3O2S/c17-10-3-1-9(2-4-10)15-21-22-16(24-15)25-8-14(23)20-13-7-11(18)5-6-12(13)19/h1-7H,8H2,(H,20,23). The van der Waals surface area contributed by atoms with Gasteiger partial charge in [-0.25, -0.2) is 0 Å². The van der Waals surface area contributed by atoms with E-state index in [1.54, 1.807) is 42.5 Å². The number of halogens is 3. The van der Waals surface area contributed by atoms with Gasteiger partial charge in [0.1, 0.15) is 0 Å². The number of carbonyl (C=O) groups is 1. The SMILES string of the molecule is O=C(CSc1nnc(-c2ccc(Cl)cc2)o1)Nc1cc(Cl)ccc1Cl. The molecule has 25 heavy (non-hydrogen) atoms. The summed E-state index contributed by atoms with van der Waals surface area (Å²) in [5.41, 5.74) is 1.20. The fourth-order valence-electron chi connectivity index (χ4n) is 1.88. The summed E-state index contributed by atoms with van der Waals surface area (Å²) in [6, 6.07) is 11.9. The lowest BCUT2D eigenvalue weighted by atomic mass is 10.2. The second-order valence-corrected chi connectivity index (χ2v) is 7.05. The number of hydrogen-bond donors (Lipinski definition) is 1. The number of aromatic nitrogens is 2. The molecular weight excluding hydrogens is 405 g/mol. The van der Waals surface area contributed by atoms with Gasteiger partial charge in [-0.3, -0.25) is 4.79 Å². The van der Waals surface area contributed by atoms with E-state index in [2.05, 4.69) is 15.5 Å². The third-order valence-electron chi connectivity index (χ3n) is 3.03. The van der Waals surface area contributed by atoms with E-state index in [0.717, 1.165) is 17.3 Å². The Morgan fingerprint density at radius 3 is 2.52 bits per heavy atom. The van der Waals surface area contributed by atoms with Crippen LogP contribution in [0.4, 0.5) is 5.69 Å². The molecule has 5 nitrogen and oxygen atoms in total. The van der Waals surface area contributed by atoms with Crippen LogP contribution in [-0.2, 0) is 4.79 Å². The lowest BCUT2D eigenvalue weighted by Gasteiger charge is -2.06. The Morgan fingerprint density at radius 2 is 1.76 bits per heavy atom. The highest BCUT2D eigenvalue weighted by Crippen LogP contribution is 2.27. The van der Waals surface area contributed by atoms with Gasteiger partial charge in [-0.2, -0.15) is 0 Å². The molecule has 0 bridgehead atoms. The Morgan fingerprint density at radius 1 is 1.04 bits per heavy atom. The van der Waals surface area contributed by atoms with E-state index in [4.69, 9.17) is 39.2 Å². The fraction of sp³-hybridized carbons (Fsp3) is 0.0625. The van der Waals surface area contributed by atoms with Gasteiger partial charge in [0.15, 0.2) is 0 Å². The van der Waals surface area contributed by atoms with Gasteiger partial charge in [0, 0.05) is 15.6 Å². The zero-order chi connectivity index (χ0) is 17.8. The molecule has 1 amide bonds. The van der Waals surface area contributed by atoms with Crippen molar-refractivity contribution < 1.29 is 9.21 Å². The number of benzene rings is 2. The Bertz CT molecular complexity index is 900. The number of nitrogens with one attached hydrogen (secondary N) is 1. The van der Waals surface area contributed by atoms with Crippen molar-refractivity contribution >= 4 is 58.2 Å². The van der Waals surface area contributed by atoms with Gasteiger partial charge in [0.05, 0.1) is 16.5 Å². The quantitative estimate of drug-likeness (QED) is 0.564. The summed E-state index contributed by atoms with van der Waals surface area (Å²) < 4.78 is 5.52. The molecule has 2 aromatic carbocycles. The van der Waals surface area contributed by atoms with E-state index in [1.165, 1.54) is 0 Å². The highest BCUT2D eigenvalue weighted by atomic mass is 35.5. The third-order valence-corrected chi connectivity index (χ3v) is 4.66. The summed E-state index contributed by atoms with van der Waals surface area (Å²) in [5, 5.41) is 12.3. The first-order chi connectivity index (χ1) is 12.0. The van der Waals surface area contributed by atoms with E-state index in [9.17, 15) is 4.79 Å². The molecule has 0 fully saturated rings. The fourth-order valence-corrected chi connectivity index (χ4v) is 2.91. The molecule has 0 aliphatic heterocycles. The van der Waals surface area contributed by atoms with Crippen LogP contribution in [0.1, 0.15) is 0 Å². The van der Waals surface area contributed by atoms with Crippen molar-refractivity contribution in [2.24, 2.45) is 0 Å². The van der Waals surface area contributed by atoms with Gasteiger partial charge in [-0.1, -0.05) is 46.6 Å². The molecule has 1 N–H and O–H groups in total. The number of carbonyl (C=O) groups excluding carboxylic acids is 1. The molecule has 0 atom stereocenters. The smallest absolute Gasteiger partial charge is 0.277 e. The minimum Gasteiger partial charge on any atom is -0.411 e. The van der Waals surface area contributed by atoms with E-state index in [0.29, 0.717) is 26.6 Å². The molecule has 1 heterocycles. The normalized spacial score (nSPS) is 10.7. The number of thioether (sulfide) groups is 1. The van der Waals surface area contributed by atoms with Crippen LogP contribution >= 0.6 is 46.6 Å². The largest absolute Gasteiger partial charge is 0.411 e. The second-order valence-electron chi connectivity index (χ2n) is 4.84. The van der Waals surface area contributed by atoms with E-state index >= 15 is 0 Å². The molecule has 0 spiro atoms. The van der Waals surface area contributed by atoms with Crippen molar-refractivity contribution in [1.82, 2.24) is 10.2 Å². The zero-order valence-electron chi connectivity index (χ0n) is 12.5. The summed E-state index contributed by atoms with van der Waals surface area (Å²) in [4.78, 5) is 12.0. The molecule has 0 saturated carbocycles. The van der Waals surface area contributed by atoms with Gasteiger partial charge in [0.2, 0.25) is 11.8 Å². The van der Waals surface area contributed by atoms with Gasteiger partial charge in [0.25, 0.3) is 5.22 Å². The van der Waals surface area contributed by atoms with Crippen LogP contribution in [0.25, 0.3) is 11.5 Å². The average Bonchev–Trinajstić information content (AvgIpc) is 3.06. The number of amides is 1. The minimum absolute atomic E-state index is 0.0884. The molecule has 128 valence electrons. The molecule has 3 rings (SSSR count). The van der Waals surface area contributed by atoms with E-state index < -0.39 is 0 Å². The van der Waals surface area contributed by atoms with Crippen LogP contribution in [0, 0.1) is 0 Å². The summed E-state index contributed by atoms with van der Waals surface area (Å²) >= 11 is 18.9. The topological polar surface area (TPSA) is 68.0 Å². The molecule has 0 aliphatic carbocycles. The predicted molar refractivity (Wildman–Crippen MR) is 101 cm³/mol. The Kier molecular flexibility index (Phi) is 5.86. The van der Waals surface area contributed by atoms with Crippen LogP contribution in [0.2, 0.25) is 15.1 Å². The van der Waals surface area contributed by atoms with E-state index in [1.807, 2.05) is 0 Å². The van der Waals surface area contributed by atoms with Gasteiger partial charge < -0.3 is 9.73 Å². The molecular formula is C16H10Cl3N3O2S. The number of rotatable bonds is 5. The molecule has 3 aromatic rings. The van der Waals surface area contributed by atoms with Crippen molar-refractivity contribution in [1.29, 1.82) is 0 Å². The maximum absolute atomic E-state index is 12.0. The maximum atomic E-state index is 12.0. The lowest BCUT2D eigenvalue weighted by Crippen LogP contribution is -2.14. The number of anilines is 1. The summed E-state index contributed by atoms with van der Waals surface area (Å²) in [7, 11) is 0. The van der Waals surface area contributed by atoms with Crippen LogP contribution < -0.4 is 5.32 Å². The first kappa shape index (κ1) is 18.1. The minimum atomic E-state index is -0.264. The Balaban J connectivity index is 1.59. The highest BCUT2D eigenvalue weighted by molar-refractivity contribution is 7.99. The lowest BCUT2D eigenvalue weighted by molar-refractivity contribution is -0.113. The maximum Gasteiger partial charge on any atom is 0.277 e. The van der Waals surface area contributed by atoms with Crippen molar-refractivity contribution in [3.63, 3.8) is 0 Å². The first-order valence-electron chi connectivity index (χ1n) is 6.98. The summed E-state index contributed by atoms with van der Waals surface area (Å²) in [6.45, 7) is 0. The number of nitrogens with zero attached hydrogens (tertiary/aromatic N) is 2. The molecule has 1 aromatic heterocycles. The Hall–Kier alpha value is -1.73. The van der Waals surface area contributed by atoms with Crippen molar-refractivity contribution in [2.45, 2.75) is 5.22 Å². The predicted octanol–water partition coefficient (Wildman–Crippen LogP) is 5.43. The van der Waals surface area contributed by atoms with Crippen LogP contribution in [-0.4, -0.2) is 21.9 Å². The molecule has 9 heteroatoms. The monoisotopic (exact) mass is 413 g/mol. The van der Waals surface area contributed by atoms with Gasteiger partial charge >= 0.3 is 0 Å². The van der Waals surface area contributed by atoms with Gasteiger partial charge in [-0.05, 0) is 42.5 Å². The van der Waals surface area contributed by atoms with Gasteiger partial charge in [-0.15, -0.1) is 10.2 Å². The number of hydrogen-bond acceptors (Lipinski definition) is 5. The molecule has 0 unspecified atom stereocenters. The highest BCUT2D eigenvalue weighted by Gasteiger charge is 2.12. The molecule has 0 radical (unpaired) electrons. The van der Waals surface area contributed by atoms with Crippen LogP contribution in [0.15, 0.2) is 52.1 Å². The van der Waals surface area contributed by atoms with Crippen molar-refractivity contribution in [2.75, 3.05) is 11.1 Å². The second kappa shape index (κ2) is 8.10. The summed E-state index contributed by atoms with van der Waals surface area (Å²) in [5.74, 6) is 0.184. The molecule has 0 saturated heterocycles. The average molecular weight is 415 g/mol. The third kappa shape index (κ3) is 4.89. The Labute approximate surface area is 162 Å². The van der Waals surface area contributed by atoms with Crippen molar-refractivity contribution in [3.05, 3.63) is 57.5 Å². The van der Waals surface area contributed by atoms with Crippen LogP contribution in [0.5, 0.6) is 0 Å². The van der Waals surface area contributed by atoms with Crippen LogP contribution in [0.3, 0.4) is 0 Å². The zero-order valence-corrected chi connectivity index (χ0v) is 15.6. The summed E-state index contributed by atoms with van der Waals surface area (Å²) in [6.07, 6.45) is 0.